The van der Waals surface area contributed by atoms with Gasteiger partial charge in [-0.15, -0.1) is 0 Å². The molecule has 1 fully saturated rings. The first-order valence-electron chi connectivity index (χ1n) is 4.35. The minimum absolute atomic E-state index is 0.0419. The molecular weight excluding hydrogens is 188 g/mol. The van der Waals surface area contributed by atoms with Crippen LogP contribution in [0.2, 0.25) is 0 Å². The molecule has 1 atom stereocenters. The molecule has 0 saturated carbocycles. The Labute approximate surface area is 82.8 Å². The molecule has 0 radical (unpaired) electrons. The third-order valence-corrected chi connectivity index (χ3v) is 2.04. The van der Waals surface area contributed by atoms with E-state index in [-0.39, 0.29) is 18.6 Å². The molecule has 0 aromatic heterocycles. The van der Waals surface area contributed by atoms with Crippen molar-refractivity contribution in [2.45, 2.75) is 25.4 Å². The zero-order valence-corrected chi connectivity index (χ0v) is 8.23. The Balaban J connectivity index is 2.13. The molecule has 1 heterocycles. The van der Waals surface area contributed by atoms with Crippen LogP contribution in [0.4, 0.5) is 0 Å². The molecule has 1 unspecified atom stereocenters. The van der Waals surface area contributed by atoms with E-state index in [0.29, 0.717) is 11.4 Å². The third-order valence-electron chi connectivity index (χ3n) is 1.90. The monoisotopic (exact) mass is 202 g/mol. The van der Waals surface area contributed by atoms with Crippen molar-refractivity contribution in [2.75, 3.05) is 13.2 Å². The summed E-state index contributed by atoms with van der Waals surface area (Å²) in [6.07, 6.45) is 2.53. The maximum atomic E-state index is 11.2. The van der Waals surface area contributed by atoms with Crippen molar-refractivity contribution in [3.05, 3.63) is 0 Å². The average molecular weight is 202 g/mol. The Kier molecular flexibility index (Phi) is 4.11. The van der Waals surface area contributed by atoms with Gasteiger partial charge in [0, 0.05) is 6.61 Å². The van der Waals surface area contributed by atoms with E-state index in [2.05, 4.69) is 17.5 Å². The van der Waals surface area contributed by atoms with E-state index in [9.17, 15) is 4.79 Å². The van der Waals surface area contributed by atoms with Gasteiger partial charge in [-0.25, -0.2) is 0 Å². The number of nitrogens with two attached hydrogens (primary N) is 1. The first-order chi connectivity index (χ1) is 6.18. The SMILES string of the molecule is NC(=S)CNC(=O)CC1CCCO1. The minimum atomic E-state index is -0.0419. The van der Waals surface area contributed by atoms with Crippen LogP contribution < -0.4 is 11.1 Å². The largest absolute Gasteiger partial charge is 0.392 e. The number of nitrogens with one attached hydrogen (secondary N) is 1. The third kappa shape index (κ3) is 4.19. The minimum Gasteiger partial charge on any atom is -0.392 e. The van der Waals surface area contributed by atoms with Crippen molar-refractivity contribution in [1.29, 1.82) is 0 Å². The summed E-state index contributed by atoms with van der Waals surface area (Å²) in [6, 6.07) is 0. The summed E-state index contributed by atoms with van der Waals surface area (Å²) in [5.74, 6) is -0.0419. The summed E-state index contributed by atoms with van der Waals surface area (Å²) in [5, 5.41) is 2.62. The van der Waals surface area contributed by atoms with Crippen LogP contribution in [-0.2, 0) is 9.53 Å². The fourth-order valence-corrected chi connectivity index (χ4v) is 1.34. The molecule has 0 bridgehead atoms. The summed E-state index contributed by atoms with van der Waals surface area (Å²) in [4.78, 5) is 11.5. The molecule has 1 rings (SSSR count). The van der Waals surface area contributed by atoms with E-state index in [1.165, 1.54) is 0 Å². The Morgan fingerprint density at radius 2 is 2.46 bits per heavy atom. The van der Waals surface area contributed by atoms with Crippen molar-refractivity contribution >= 4 is 23.1 Å². The fraction of sp³-hybridized carbons (Fsp3) is 0.750. The van der Waals surface area contributed by atoms with Gasteiger partial charge in [-0.3, -0.25) is 4.79 Å². The maximum Gasteiger partial charge on any atom is 0.222 e. The van der Waals surface area contributed by atoms with Gasteiger partial charge in [0.15, 0.2) is 0 Å². The number of hydrogen-bond donors (Lipinski definition) is 2. The second kappa shape index (κ2) is 5.14. The number of ether oxygens (including phenoxy) is 1. The van der Waals surface area contributed by atoms with Gasteiger partial charge in [0.25, 0.3) is 0 Å². The van der Waals surface area contributed by atoms with Gasteiger partial charge in [-0.2, -0.15) is 0 Å². The Morgan fingerprint density at radius 3 is 3.00 bits per heavy atom. The number of amides is 1. The summed E-state index contributed by atoms with van der Waals surface area (Å²) in [5.41, 5.74) is 5.23. The second-order valence-electron chi connectivity index (χ2n) is 3.08. The molecule has 1 amide bonds. The summed E-state index contributed by atoms with van der Waals surface area (Å²) < 4.78 is 5.31. The Hall–Kier alpha value is -0.680. The van der Waals surface area contributed by atoms with E-state index in [1.54, 1.807) is 0 Å². The average Bonchev–Trinajstić information content (AvgIpc) is 2.53. The molecule has 1 saturated heterocycles. The molecule has 0 aromatic rings. The van der Waals surface area contributed by atoms with E-state index in [1.807, 2.05) is 0 Å². The second-order valence-corrected chi connectivity index (χ2v) is 3.61. The number of hydrogen-bond acceptors (Lipinski definition) is 3. The lowest BCUT2D eigenvalue weighted by molar-refractivity contribution is -0.122. The lowest BCUT2D eigenvalue weighted by atomic mass is 10.2. The molecule has 3 N–H and O–H groups in total. The molecule has 74 valence electrons. The van der Waals surface area contributed by atoms with E-state index >= 15 is 0 Å². The van der Waals surface area contributed by atoms with Crippen molar-refractivity contribution in [2.24, 2.45) is 5.73 Å². The van der Waals surface area contributed by atoms with Crippen molar-refractivity contribution < 1.29 is 9.53 Å². The molecular formula is C8H14N2O2S. The van der Waals surface area contributed by atoms with Crippen molar-refractivity contribution in [3.63, 3.8) is 0 Å². The van der Waals surface area contributed by atoms with Crippen molar-refractivity contribution in [3.8, 4) is 0 Å². The van der Waals surface area contributed by atoms with Crippen LogP contribution in [0, 0.1) is 0 Å². The zero-order valence-electron chi connectivity index (χ0n) is 7.41. The molecule has 1 aliphatic rings. The van der Waals surface area contributed by atoms with Crippen LogP contribution in [0.15, 0.2) is 0 Å². The molecule has 4 nitrogen and oxygen atoms in total. The predicted molar refractivity (Wildman–Crippen MR) is 53.4 cm³/mol. The number of thiocarbonyl (C=S) groups is 1. The number of rotatable bonds is 4. The molecule has 0 aliphatic carbocycles. The van der Waals surface area contributed by atoms with Crippen LogP contribution in [-0.4, -0.2) is 30.2 Å². The summed E-state index contributed by atoms with van der Waals surface area (Å²) in [6.45, 7) is 1.05. The fourth-order valence-electron chi connectivity index (χ4n) is 1.27. The van der Waals surface area contributed by atoms with E-state index in [0.717, 1.165) is 19.4 Å². The smallest absolute Gasteiger partial charge is 0.222 e. The Bertz CT molecular complexity index is 202. The van der Waals surface area contributed by atoms with Gasteiger partial charge >= 0.3 is 0 Å². The lowest BCUT2D eigenvalue weighted by Crippen LogP contribution is -2.34. The van der Waals surface area contributed by atoms with Gasteiger partial charge in [0.1, 0.15) is 0 Å². The normalized spacial score (nSPS) is 21.4. The van der Waals surface area contributed by atoms with Gasteiger partial charge in [0.05, 0.1) is 24.1 Å². The summed E-state index contributed by atoms with van der Waals surface area (Å²) >= 11 is 4.63. The highest BCUT2D eigenvalue weighted by molar-refractivity contribution is 7.80. The molecule has 0 spiro atoms. The number of carbonyl (C=O) groups excluding carboxylic acids is 1. The molecule has 13 heavy (non-hydrogen) atoms. The van der Waals surface area contributed by atoms with Gasteiger partial charge in [-0.1, -0.05) is 12.2 Å². The van der Waals surface area contributed by atoms with Crippen LogP contribution >= 0.6 is 12.2 Å². The van der Waals surface area contributed by atoms with Crippen LogP contribution in [0.5, 0.6) is 0 Å². The van der Waals surface area contributed by atoms with Gasteiger partial charge in [0.2, 0.25) is 5.91 Å². The highest BCUT2D eigenvalue weighted by Gasteiger charge is 2.18. The number of carbonyl (C=O) groups is 1. The molecule has 0 aromatic carbocycles. The zero-order chi connectivity index (χ0) is 9.68. The van der Waals surface area contributed by atoms with Crippen LogP contribution in [0.1, 0.15) is 19.3 Å². The first-order valence-corrected chi connectivity index (χ1v) is 4.76. The molecule has 5 heteroatoms. The van der Waals surface area contributed by atoms with Crippen molar-refractivity contribution in [1.82, 2.24) is 5.32 Å². The quantitative estimate of drug-likeness (QED) is 0.628. The predicted octanol–water partition coefficient (Wildman–Crippen LogP) is -0.0422. The highest BCUT2D eigenvalue weighted by atomic mass is 32.1. The topological polar surface area (TPSA) is 64.3 Å². The van der Waals surface area contributed by atoms with Crippen LogP contribution in [0.3, 0.4) is 0 Å². The summed E-state index contributed by atoms with van der Waals surface area (Å²) in [7, 11) is 0. The molecule has 1 aliphatic heterocycles. The first kappa shape index (κ1) is 10.4. The Morgan fingerprint density at radius 1 is 1.69 bits per heavy atom. The van der Waals surface area contributed by atoms with Gasteiger partial charge < -0.3 is 15.8 Å². The van der Waals surface area contributed by atoms with E-state index < -0.39 is 0 Å². The highest BCUT2D eigenvalue weighted by Crippen LogP contribution is 2.14. The standard InChI is InChI=1S/C8H14N2O2S/c9-7(13)5-10-8(11)4-6-2-1-3-12-6/h6H,1-5H2,(H2,9,13)(H,10,11). The van der Waals surface area contributed by atoms with Gasteiger partial charge in [-0.05, 0) is 12.8 Å². The van der Waals surface area contributed by atoms with Crippen LogP contribution in [0.25, 0.3) is 0 Å². The maximum absolute atomic E-state index is 11.2. The van der Waals surface area contributed by atoms with E-state index in [4.69, 9.17) is 10.5 Å². The lowest BCUT2D eigenvalue weighted by Gasteiger charge is -2.08.